The Balaban J connectivity index is 1.66. The molecule has 0 spiro atoms. The first-order valence-electron chi connectivity index (χ1n) is 10.3. The van der Waals surface area contributed by atoms with Crippen LogP contribution in [0.2, 0.25) is 0 Å². The maximum atomic E-state index is 13.0. The number of benzene rings is 2. The van der Waals surface area contributed by atoms with Crippen LogP contribution in [0, 0.1) is 0 Å². The van der Waals surface area contributed by atoms with Gasteiger partial charge in [0.2, 0.25) is 15.9 Å². The number of carbonyl (C=O) groups excluding carboxylic acids is 2. The smallest absolute Gasteiger partial charge is 0.338 e. The second-order valence-corrected chi connectivity index (χ2v) is 9.85. The summed E-state index contributed by atoms with van der Waals surface area (Å²) in [4.78, 5) is 25.6. The third kappa shape index (κ3) is 5.51. The van der Waals surface area contributed by atoms with Crippen molar-refractivity contribution in [1.29, 1.82) is 0 Å². The van der Waals surface area contributed by atoms with Crippen molar-refractivity contribution in [1.82, 2.24) is 9.21 Å². The van der Waals surface area contributed by atoms with Crippen molar-refractivity contribution in [3.05, 3.63) is 65.2 Å². The van der Waals surface area contributed by atoms with Crippen LogP contribution < -0.4 is 0 Å². The summed E-state index contributed by atoms with van der Waals surface area (Å²) in [6.07, 6.45) is 0. The zero-order valence-electron chi connectivity index (χ0n) is 18.1. The number of piperazine rings is 1. The first kappa shape index (κ1) is 23.0. The molecule has 1 fully saturated rings. The minimum absolute atomic E-state index is 0.0412. The van der Waals surface area contributed by atoms with Crippen LogP contribution in [0.1, 0.15) is 48.2 Å². The zero-order valence-corrected chi connectivity index (χ0v) is 18.9. The van der Waals surface area contributed by atoms with E-state index in [0.717, 1.165) is 5.56 Å². The van der Waals surface area contributed by atoms with E-state index in [2.05, 4.69) is 13.8 Å². The van der Waals surface area contributed by atoms with Crippen LogP contribution in [-0.4, -0.2) is 55.7 Å². The fourth-order valence-electron chi connectivity index (χ4n) is 3.41. The van der Waals surface area contributed by atoms with Crippen LogP contribution in [0.25, 0.3) is 0 Å². The van der Waals surface area contributed by atoms with E-state index >= 15 is 0 Å². The maximum absolute atomic E-state index is 13.0. The molecule has 2 aromatic rings. The van der Waals surface area contributed by atoms with Crippen molar-refractivity contribution < 1.29 is 22.7 Å². The molecule has 1 aliphatic heterocycles. The molecule has 1 amide bonds. The van der Waals surface area contributed by atoms with E-state index in [1.54, 1.807) is 4.90 Å². The van der Waals surface area contributed by atoms with E-state index in [1.807, 2.05) is 24.3 Å². The largest absolute Gasteiger partial charge is 0.457 e. The molecular formula is C23H28N2O5S. The maximum Gasteiger partial charge on any atom is 0.338 e. The average Bonchev–Trinajstić information content (AvgIpc) is 2.77. The Hall–Kier alpha value is -2.71. The van der Waals surface area contributed by atoms with Gasteiger partial charge in [-0.05, 0) is 35.2 Å². The number of amides is 1. The minimum Gasteiger partial charge on any atom is -0.457 e. The number of hydrogen-bond acceptors (Lipinski definition) is 5. The van der Waals surface area contributed by atoms with Crippen LogP contribution >= 0.6 is 0 Å². The molecule has 0 atom stereocenters. The normalized spacial score (nSPS) is 15.2. The molecule has 31 heavy (non-hydrogen) atoms. The first-order valence-corrected chi connectivity index (χ1v) is 11.7. The van der Waals surface area contributed by atoms with Crippen LogP contribution in [0.5, 0.6) is 0 Å². The summed E-state index contributed by atoms with van der Waals surface area (Å²) >= 11 is 0. The second kappa shape index (κ2) is 9.62. The molecule has 2 aromatic carbocycles. The molecule has 0 saturated carbocycles. The van der Waals surface area contributed by atoms with Crippen molar-refractivity contribution in [2.24, 2.45) is 0 Å². The predicted octanol–water partition coefficient (Wildman–Crippen LogP) is 3.02. The van der Waals surface area contributed by atoms with E-state index < -0.39 is 16.0 Å². The monoisotopic (exact) mass is 444 g/mol. The highest BCUT2D eigenvalue weighted by Crippen LogP contribution is 2.20. The Morgan fingerprint density at radius 3 is 2.23 bits per heavy atom. The number of rotatable bonds is 6. The molecule has 7 nitrogen and oxygen atoms in total. The number of hydrogen-bond donors (Lipinski definition) is 0. The van der Waals surface area contributed by atoms with E-state index in [-0.39, 0.29) is 36.1 Å². The summed E-state index contributed by atoms with van der Waals surface area (Å²) in [6.45, 7) is 6.96. The lowest BCUT2D eigenvalue weighted by molar-refractivity contribution is -0.129. The Kier molecular flexibility index (Phi) is 7.12. The van der Waals surface area contributed by atoms with E-state index in [0.29, 0.717) is 19.0 Å². The van der Waals surface area contributed by atoms with Gasteiger partial charge in [0.05, 0.1) is 10.5 Å². The average molecular weight is 445 g/mol. The summed E-state index contributed by atoms with van der Waals surface area (Å²) < 4.78 is 32.7. The van der Waals surface area contributed by atoms with E-state index in [1.165, 1.54) is 41.1 Å². The quantitative estimate of drug-likeness (QED) is 0.640. The van der Waals surface area contributed by atoms with E-state index in [4.69, 9.17) is 4.74 Å². The first-order chi connectivity index (χ1) is 14.7. The third-order valence-electron chi connectivity index (χ3n) is 5.41. The molecule has 1 heterocycles. The highest BCUT2D eigenvalue weighted by atomic mass is 32.2. The molecule has 1 saturated heterocycles. The topological polar surface area (TPSA) is 84.0 Å². The van der Waals surface area contributed by atoms with Gasteiger partial charge in [0.1, 0.15) is 6.61 Å². The summed E-state index contributed by atoms with van der Waals surface area (Å²) in [6, 6.07) is 13.7. The molecule has 166 valence electrons. The molecule has 0 radical (unpaired) electrons. The van der Waals surface area contributed by atoms with Gasteiger partial charge in [0.15, 0.2) is 0 Å². The number of ether oxygens (including phenoxy) is 1. The molecule has 0 unspecified atom stereocenters. The second-order valence-electron chi connectivity index (χ2n) is 7.91. The Morgan fingerprint density at radius 1 is 1.00 bits per heavy atom. The summed E-state index contributed by atoms with van der Waals surface area (Å²) in [5, 5.41) is 0. The molecule has 1 aliphatic rings. The standard InChI is InChI=1S/C23H28N2O5S/c1-17(2)20-9-7-19(8-10-20)16-30-23(27)21-5-4-6-22(15-21)31(28,29)25-13-11-24(12-14-25)18(3)26/h4-10,15,17H,11-14,16H2,1-3H3. The lowest BCUT2D eigenvalue weighted by Crippen LogP contribution is -2.49. The highest BCUT2D eigenvalue weighted by molar-refractivity contribution is 7.89. The van der Waals surface area contributed by atoms with Crippen molar-refractivity contribution in [3.63, 3.8) is 0 Å². The lowest BCUT2D eigenvalue weighted by atomic mass is 10.0. The number of carbonyl (C=O) groups is 2. The van der Waals surface area contributed by atoms with Crippen LogP contribution in [0.3, 0.4) is 0 Å². The van der Waals surface area contributed by atoms with Crippen molar-refractivity contribution in [2.75, 3.05) is 26.2 Å². The van der Waals surface area contributed by atoms with Crippen LogP contribution in [0.15, 0.2) is 53.4 Å². The summed E-state index contributed by atoms with van der Waals surface area (Å²) in [5.41, 5.74) is 2.25. The predicted molar refractivity (Wildman–Crippen MR) is 117 cm³/mol. The van der Waals surface area contributed by atoms with Crippen molar-refractivity contribution >= 4 is 21.9 Å². The molecular weight excluding hydrogens is 416 g/mol. The Labute approximate surface area is 183 Å². The minimum atomic E-state index is -3.76. The van der Waals surface area contributed by atoms with Crippen molar-refractivity contribution in [3.8, 4) is 0 Å². The van der Waals surface area contributed by atoms with Crippen LogP contribution in [0.4, 0.5) is 0 Å². The molecule has 0 aliphatic carbocycles. The fraction of sp³-hybridized carbons (Fsp3) is 0.391. The van der Waals surface area contributed by atoms with Crippen LogP contribution in [-0.2, 0) is 26.2 Å². The van der Waals surface area contributed by atoms with Gasteiger partial charge < -0.3 is 9.64 Å². The number of sulfonamides is 1. The molecule has 0 bridgehead atoms. The van der Waals surface area contributed by atoms with Gasteiger partial charge in [0, 0.05) is 33.1 Å². The highest BCUT2D eigenvalue weighted by Gasteiger charge is 2.29. The van der Waals surface area contributed by atoms with Gasteiger partial charge in [-0.15, -0.1) is 0 Å². The molecule has 3 rings (SSSR count). The molecule has 8 heteroatoms. The number of esters is 1. The third-order valence-corrected chi connectivity index (χ3v) is 7.30. The zero-order chi connectivity index (χ0) is 22.6. The van der Waals surface area contributed by atoms with Gasteiger partial charge in [-0.3, -0.25) is 4.79 Å². The van der Waals surface area contributed by atoms with Gasteiger partial charge in [-0.25, -0.2) is 13.2 Å². The van der Waals surface area contributed by atoms with Crippen molar-refractivity contribution in [2.45, 2.75) is 38.2 Å². The Morgan fingerprint density at radius 2 is 1.65 bits per heavy atom. The van der Waals surface area contributed by atoms with Gasteiger partial charge in [-0.1, -0.05) is 44.2 Å². The van der Waals surface area contributed by atoms with E-state index in [9.17, 15) is 18.0 Å². The summed E-state index contributed by atoms with van der Waals surface area (Å²) in [5.74, 6) is -0.223. The number of nitrogens with zero attached hydrogens (tertiary/aromatic N) is 2. The molecule has 0 aromatic heterocycles. The SMILES string of the molecule is CC(=O)N1CCN(S(=O)(=O)c2cccc(C(=O)OCc3ccc(C(C)C)cc3)c2)CC1. The summed E-state index contributed by atoms with van der Waals surface area (Å²) in [7, 11) is -3.76. The Bertz CT molecular complexity index is 1040. The molecule has 0 N–H and O–H groups in total. The van der Waals surface area contributed by atoms with Gasteiger partial charge in [-0.2, -0.15) is 4.31 Å². The fourth-order valence-corrected chi connectivity index (χ4v) is 4.88. The van der Waals surface area contributed by atoms with Gasteiger partial charge >= 0.3 is 5.97 Å². The lowest BCUT2D eigenvalue weighted by Gasteiger charge is -2.33. The van der Waals surface area contributed by atoms with Gasteiger partial charge in [0.25, 0.3) is 0 Å².